The summed E-state index contributed by atoms with van der Waals surface area (Å²) in [5.74, 6) is 0.873. The van der Waals surface area contributed by atoms with Crippen LogP contribution in [0.15, 0.2) is 18.2 Å². The van der Waals surface area contributed by atoms with Gasteiger partial charge < -0.3 is 5.73 Å². The largest absolute Gasteiger partial charge is 0.399 e. The average molecular weight is 239 g/mol. The lowest BCUT2D eigenvalue weighted by Crippen LogP contribution is -2.32. The number of anilines is 1. The normalized spacial score (nSPS) is 18.9. The van der Waals surface area contributed by atoms with Crippen molar-refractivity contribution in [1.29, 1.82) is 0 Å². The molecule has 1 aliphatic rings. The van der Waals surface area contributed by atoms with Crippen LogP contribution in [0.2, 0.25) is 5.02 Å². The molecule has 0 radical (unpaired) electrons. The Morgan fingerprint density at radius 1 is 1.38 bits per heavy atom. The summed E-state index contributed by atoms with van der Waals surface area (Å²) in [5.41, 5.74) is 7.60. The van der Waals surface area contributed by atoms with E-state index in [0.717, 1.165) is 23.2 Å². The zero-order valence-corrected chi connectivity index (χ0v) is 10.5. The molecule has 1 aromatic rings. The topological polar surface area (TPSA) is 29.3 Å². The van der Waals surface area contributed by atoms with Gasteiger partial charge in [0.1, 0.15) is 0 Å². The van der Waals surface area contributed by atoms with E-state index in [4.69, 9.17) is 17.3 Å². The van der Waals surface area contributed by atoms with Crippen LogP contribution in [0.1, 0.15) is 25.3 Å². The van der Waals surface area contributed by atoms with E-state index in [0.29, 0.717) is 0 Å². The minimum absolute atomic E-state index is 0.737. The number of hydrogen-bond acceptors (Lipinski definition) is 2. The van der Waals surface area contributed by atoms with Crippen molar-refractivity contribution in [2.45, 2.75) is 26.3 Å². The summed E-state index contributed by atoms with van der Waals surface area (Å²) in [7, 11) is 0. The van der Waals surface area contributed by atoms with Crippen molar-refractivity contribution < 1.29 is 0 Å². The van der Waals surface area contributed by atoms with Crippen molar-refractivity contribution >= 4 is 17.3 Å². The first-order chi connectivity index (χ1) is 7.65. The summed E-state index contributed by atoms with van der Waals surface area (Å²) >= 11 is 6.17. The molecule has 2 nitrogen and oxygen atoms in total. The molecule has 1 heterocycles. The Bertz CT molecular complexity index is 357. The number of halogens is 1. The molecule has 0 unspecified atom stereocenters. The minimum Gasteiger partial charge on any atom is -0.399 e. The fraction of sp³-hybridized carbons (Fsp3) is 0.538. The molecule has 2 N–H and O–H groups in total. The summed E-state index contributed by atoms with van der Waals surface area (Å²) in [6.45, 7) is 5.64. The molecule has 0 bridgehead atoms. The summed E-state index contributed by atoms with van der Waals surface area (Å²) in [4.78, 5) is 2.47. The van der Waals surface area contributed by atoms with E-state index >= 15 is 0 Å². The lowest BCUT2D eigenvalue weighted by atomic mass is 9.99. The zero-order valence-electron chi connectivity index (χ0n) is 9.75. The third-order valence-electron chi connectivity index (χ3n) is 3.35. The number of hydrogen-bond donors (Lipinski definition) is 1. The van der Waals surface area contributed by atoms with Gasteiger partial charge in [0.15, 0.2) is 0 Å². The third kappa shape index (κ3) is 2.89. The standard InChI is InChI=1S/C13H19ClN2/c1-10-4-6-16(7-5-10)9-11-2-3-12(15)8-13(11)14/h2-3,8,10H,4-7,9,15H2,1H3. The number of rotatable bonds is 2. The molecule has 16 heavy (non-hydrogen) atoms. The molecule has 0 aromatic heterocycles. The van der Waals surface area contributed by atoms with E-state index in [1.54, 1.807) is 0 Å². The Labute approximate surface area is 102 Å². The molecule has 0 saturated carbocycles. The van der Waals surface area contributed by atoms with E-state index in [1.807, 2.05) is 18.2 Å². The summed E-state index contributed by atoms with van der Waals surface area (Å²) in [6, 6.07) is 5.80. The first-order valence-corrected chi connectivity index (χ1v) is 6.29. The number of nitrogens with zero attached hydrogens (tertiary/aromatic N) is 1. The van der Waals surface area contributed by atoms with Gasteiger partial charge in [0.2, 0.25) is 0 Å². The number of nitrogens with two attached hydrogens (primary N) is 1. The van der Waals surface area contributed by atoms with Crippen LogP contribution in [-0.4, -0.2) is 18.0 Å². The van der Waals surface area contributed by atoms with Gasteiger partial charge in [-0.3, -0.25) is 4.90 Å². The van der Waals surface area contributed by atoms with Crippen molar-refractivity contribution in [3.05, 3.63) is 28.8 Å². The van der Waals surface area contributed by atoms with Crippen LogP contribution in [0.4, 0.5) is 5.69 Å². The van der Waals surface area contributed by atoms with Gasteiger partial charge in [-0.15, -0.1) is 0 Å². The Hall–Kier alpha value is -0.730. The number of piperidine rings is 1. The highest BCUT2D eigenvalue weighted by molar-refractivity contribution is 6.31. The van der Waals surface area contributed by atoms with Gasteiger partial charge in [-0.25, -0.2) is 0 Å². The lowest BCUT2D eigenvalue weighted by molar-refractivity contribution is 0.185. The summed E-state index contributed by atoms with van der Waals surface area (Å²) < 4.78 is 0. The molecule has 0 aliphatic carbocycles. The lowest BCUT2D eigenvalue weighted by Gasteiger charge is -2.30. The molecular formula is C13H19ClN2. The van der Waals surface area contributed by atoms with Crippen LogP contribution in [-0.2, 0) is 6.54 Å². The SMILES string of the molecule is CC1CCN(Cc2ccc(N)cc2Cl)CC1. The van der Waals surface area contributed by atoms with E-state index in [-0.39, 0.29) is 0 Å². The van der Waals surface area contributed by atoms with Crippen molar-refractivity contribution in [2.75, 3.05) is 18.8 Å². The van der Waals surface area contributed by atoms with Crippen molar-refractivity contribution in [3.63, 3.8) is 0 Å². The molecule has 88 valence electrons. The monoisotopic (exact) mass is 238 g/mol. The molecule has 0 amide bonds. The van der Waals surface area contributed by atoms with E-state index in [9.17, 15) is 0 Å². The van der Waals surface area contributed by atoms with Crippen molar-refractivity contribution in [1.82, 2.24) is 4.90 Å². The van der Waals surface area contributed by atoms with Crippen LogP contribution in [0, 0.1) is 5.92 Å². The number of benzene rings is 1. The maximum Gasteiger partial charge on any atom is 0.0471 e. The van der Waals surface area contributed by atoms with Crippen molar-refractivity contribution in [3.8, 4) is 0 Å². The fourth-order valence-corrected chi connectivity index (χ4v) is 2.40. The Morgan fingerprint density at radius 3 is 2.69 bits per heavy atom. The molecule has 1 saturated heterocycles. The quantitative estimate of drug-likeness (QED) is 0.802. The van der Waals surface area contributed by atoms with Crippen LogP contribution in [0.25, 0.3) is 0 Å². The maximum absolute atomic E-state index is 6.17. The predicted molar refractivity (Wildman–Crippen MR) is 69.5 cm³/mol. The second kappa shape index (κ2) is 5.07. The Balaban J connectivity index is 1.98. The molecule has 1 fully saturated rings. The average Bonchev–Trinajstić information content (AvgIpc) is 2.25. The summed E-state index contributed by atoms with van der Waals surface area (Å²) in [5, 5.41) is 0.790. The molecular weight excluding hydrogens is 220 g/mol. The molecule has 0 spiro atoms. The molecule has 2 rings (SSSR count). The van der Waals surface area contributed by atoms with Gasteiger partial charge in [-0.2, -0.15) is 0 Å². The highest BCUT2D eigenvalue weighted by atomic mass is 35.5. The summed E-state index contributed by atoms with van der Waals surface area (Å²) in [6.07, 6.45) is 2.60. The number of nitrogen functional groups attached to an aromatic ring is 1. The van der Waals surface area contributed by atoms with Crippen LogP contribution >= 0.6 is 11.6 Å². The molecule has 3 heteroatoms. The third-order valence-corrected chi connectivity index (χ3v) is 3.70. The predicted octanol–water partition coefficient (Wildman–Crippen LogP) is 3.15. The van der Waals surface area contributed by atoms with E-state index in [2.05, 4.69) is 11.8 Å². The molecule has 1 aromatic carbocycles. The van der Waals surface area contributed by atoms with Crippen LogP contribution in [0.3, 0.4) is 0 Å². The first kappa shape index (κ1) is 11.7. The van der Waals surface area contributed by atoms with E-state index in [1.165, 1.54) is 31.5 Å². The minimum atomic E-state index is 0.737. The van der Waals surface area contributed by atoms with Gasteiger partial charge in [0, 0.05) is 17.3 Å². The van der Waals surface area contributed by atoms with Gasteiger partial charge in [-0.1, -0.05) is 24.6 Å². The van der Waals surface area contributed by atoms with Gasteiger partial charge in [0.05, 0.1) is 0 Å². The highest BCUT2D eigenvalue weighted by Gasteiger charge is 2.16. The van der Waals surface area contributed by atoms with Crippen LogP contribution in [0.5, 0.6) is 0 Å². The maximum atomic E-state index is 6.17. The number of likely N-dealkylation sites (tertiary alicyclic amines) is 1. The molecule has 0 atom stereocenters. The smallest absolute Gasteiger partial charge is 0.0471 e. The van der Waals surface area contributed by atoms with E-state index < -0.39 is 0 Å². The highest BCUT2D eigenvalue weighted by Crippen LogP contribution is 2.23. The Kier molecular flexibility index (Phi) is 3.72. The Morgan fingerprint density at radius 2 is 2.06 bits per heavy atom. The van der Waals surface area contributed by atoms with Gasteiger partial charge >= 0.3 is 0 Å². The fourth-order valence-electron chi connectivity index (χ4n) is 2.15. The van der Waals surface area contributed by atoms with Crippen molar-refractivity contribution in [2.24, 2.45) is 5.92 Å². The first-order valence-electron chi connectivity index (χ1n) is 5.91. The zero-order chi connectivity index (χ0) is 11.5. The van der Waals surface area contributed by atoms with Gasteiger partial charge in [-0.05, 0) is 49.5 Å². The van der Waals surface area contributed by atoms with Crippen LogP contribution < -0.4 is 5.73 Å². The second-order valence-corrected chi connectivity index (χ2v) is 5.22. The molecule has 1 aliphatic heterocycles. The second-order valence-electron chi connectivity index (χ2n) is 4.81. The van der Waals surface area contributed by atoms with Gasteiger partial charge in [0.25, 0.3) is 0 Å².